The Bertz CT molecular complexity index is 646. The molecular weight excluding hydrogens is 246 g/mol. The monoisotopic (exact) mass is 269 g/mol. The summed E-state index contributed by atoms with van der Waals surface area (Å²) in [6, 6.07) is 6.54. The van der Waals surface area contributed by atoms with Crippen molar-refractivity contribution in [3.05, 3.63) is 40.6 Å². The molecule has 1 aliphatic heterocycles. The second-order valence-corrected chi connectivity index (χ2v) is 5.89. The first-order chi connectivity index (χ1) is 9.61. The van der Waals surface area contributed by atoms with Crippen LogP contribution in [0, 0.1) is 0 Å². The van der Waals surface area contributed by atoms with Crippen LogP contribution in [0.25, 0.3) is 10.9 Å². The van der Waals surface area contributed by atoms with Crippen LogP contribution in [0.15, 0.2) is 18.2 Å². The maximum atomic E-state index is 6.29. The summed E-state index contributed by atoms with van der Waals surface area (Å²) in [4.78, 5) is 7.33. The van der Waals surface area contributed by atoms with E-state index < -0.39 is 0 Å². The number of pyridine rings is 1. The van der Waals surface area contributed by atoms with Crippen LogP contribution in [-0.2, 0) is 19.4 Å². The van der Waals surface area contributed by atoms with E-state index >= 15 is 0 Å². The molecule has 0 radical (unpaired) electrons. The van der Waals surface area contributed by atoms with Gasteiger partial charge in [-0.3, -0.25) is 4.98 Å². The van der Waals surface area contributed by atoms with E-state index in [1.165, 1.54) is 27.8 Å². The molecule has 3 rings (SSSR count). The Morgan fingerprint density at radius 1 is 1.40 bits per heavy atom. The maximum Gasteiger partial charge on any atom is 0.0740 e. The zero-order valence-electron chi connectivity index (χ0n) is 12.6. The van der Waals surface area contributed by atoms with Crippen LogP contribution in [0.2, 0.25) is 0 Å². The summed E-state index contributed by atoms with van der Waals surface area (Å²) in [6.07, 6.45) is 2.04. The van der Waals surface area contributed by atoms with Gasteiger partial charge in [0.25, 0.3) is 0 Å². The second-order valence-electron chi connectivity index (χ2n) is 5.89. The van der Waals surface area contributed by atoms with E-state index in [2.05, 4.69) is 44.0 Å². The van der Waals surface area contributed by atoms with Crippen LogP contribution in [0.5, 0.6) is 0 Å². The Hall–Kier alpha value is -1.45. The van der Waals surface area contributed by atoms with Gasteiger partial charge in [-0.15, -0.1) is 0 Å². The quantitative estimate of drug-likeness (QED) is 0.911. The molecule has 1 atom stereocenters. The number of hydrogen-bond donors (Lipinski definition) is 1. The van der Waals surface area contributed by atoms with Crippen LogP contribution in [-0.4, -0.2) is 23.5 Å². The lowest BCUT2D eigenvalue weighted by molar-refractivity contribution is 0.308. The molecule has 1 aliphatic rings. The normalized spacial score (nSPS) is 17.2. The predicted molar refractivity (Wildman–Crippen MR) is 83.8 cm³/mol. The van der Waals surface area contributed by atoms with Crippen molar-refractivity contribution in [3.8, 4) is 0 Å². The fourth-order valence-electron chi connectivity index (χ4n) is 3.30. The van der Waals surface area contributed by atoms with E-state index in [4.69, 9.17) is 10.7 Å². The summed E-state index contributed by atoms with van der Waals surface area (Å²) in [7, 11) is 2.17. The Morgan fingerprint density at radius 3 is 2.90 bits per heavy atom. The number of nitrogens with two attached hydrogens (primary N) is 1. The highest BCUT2D eigenvalue weighted by atomic mass is 15.1. The Morgan fingerprint density at radius 2 is 2.20 bits per heavy atom. The lowest BCUT2D eigenvalue weighted by Crippen LogP contribution is -2.29. The molecule has 0 amide bonds. The van der Waals surface area contributed by atoms with Gasteiger partial charge in [0.15, 0.2) is 0 Å². The number of likely N-dealkylation sites (N-methyl/N-ethyl adjacent to an activating group) is 1. The third kappa shape index (κ3) is 2.11. The Labute approximate surface area is 120 Å². The smallest absolute Gasteiger partial charge is 0.0740 e. The zero-order valence-corrected chi connectivity index (χ0v) is 12.6. The molecule has 0 spiro atoms. The number of aromatic nitrogens is 1. The van der Waals surface area contributed by atoms with Crippen LogP contribution < -0.4 is 5.73 Å². The number of aryl methyl sites for hydroxylation is 1. The second kappa shape index (κ2) is 5.15. The van der Waals surface area contributed by atoms with E-state index in [0.29, 0.717) is 0 Å². The largest absolute Gasteiger partial charge is 0.324 e. The molecule has 1 aromatic carbocycles. The molecule has 0 bridgehead atoms. The van der Waals surface area contributed by atoms with Gasteiger partial charge in [0.1, 0.15) is 0 Å². The van der Waals surface area contributed by atoms with Crippen molar-refractivity contribution in [2.75, 3.05) is 13.6 Å². The first kappa shape index (κ1) is 13.5. The van der Waals surface area contributed by atoms with E-state index in [1.807, 2.05) is 0 Å². The minimum Gasteiger partial charge on any atom is -0.324 e. The topological polar surface area (TPSA) is 42.1 Å². The van der Waals surface area contributed by atoms with Crippen molar-refractivity contribution < 1.29 is 0 Å². The highest BCUT2D eigenvalue weighted by Crippen LogP contribution is 2.32. The molecule has 0 fully saturated rings. The van der Waals surface area contributed by atoms with Crippen LogP contribution >= 0.6 is 0 Å². The molecule has 1 aromatic heterocycles. The minimum absolute atomic E-state index is 0.0489. The number of fused-ring (bicyclic) bond motifs is 2. The van der Waals surface area contributed by atoms with E-state index in [1.54, 1.807) is 0 Å². The van der Waals surface area contributed by atoms with Gasteiger partial charge in [0.05, 0.1) is 5.52 Å². The third-order valence-corrected chi connectivity index (χ3v) is 4.32. The van der Waals surface area contributed by atoms with E-state index in [0.717, 1.165) is 31.4 Å². The molecule has 0 aliphatic carbocycles. The maximum absolute atomic E-state index is 6.29. The van der Waals surface area contributed by atoms with E-state index in [9.17, 15) is 0 Å². The summed E-state index contributed by atoms with van der Waals surface area (Å²) < 4.78 is 0. The molecule has 3 nitrogen and oxygen atoms in total. The van der Waals surface area contributed by atoms with Crippen molar-refractivity contribution in [2.24, 2.45) is 5.73 Å². The SMILES string of the molecule is CCc1cccc2c(C(C)N)c3c(nc12)CCN(C)C3. The molecule has 0 saturated carbocycles. The molecule has 0 saturated heterocycles. The molecule has 1 unspecified atom stereocenters. The van der Waals surface area contributed by atoms with Crippen LogP contribution in [0.4, 0.5) is 0 Å². The number of nitrogens with zero attached hydrogens (tertiary/aromatic N) is 2. The van der Waals surface area contributed by atoms with Gasteiger partial charge in [-0.05, 0) is 37.1 Å². The van der Waals surface area contributed by atoms with Gasteiger partial charge in [-0.1, -0.05) is 25.1 Å². The highest BCUT2D eigenvalue weighted by Gasteiger charge is 2.22. The van der Waals surface area contributed by atoms with Crippen molar-refractivity contribution in [3.63, 3.8) is 0 Å². The minimum atomic E-state index is 0.0489. The fraction of sp³-hybridized carbons (Fsp3) is 0.471. The molecule has 20 heavy (non-hydrogen) atoms. The fourth-order valence-corrected chi connectivity index (χ4v) is 3.30. The van der Waals surface area contributed by atoms with Crippen molar-refractivity contribution in [1.82, 2.24) is 9.88 Å². The lowest BCUT2D eigenvalue weighted by Gasteiger charge is -2.29. The highest BCUT2D eigenvalue weighted by molar-refractivity contribution is 5.87. The molecule has 3 heteroatoms. The first-order valence-electron chi connectivity index (χ1n) is 7.49. The number of para-hydroxylation sites is 1. The summed E-state index contributed by atoms with van der Waals surface area (Å²) in [5.41, 5.74) is 12.7. The average molecular weight is 269 g/mol. The van der Waals surface area contributed by atoms with Gasteiger partial charge in [-0.25, -0.2) is 0 Å². The van der Waals surface area contributed by atoms with Crippen molar-refractivity contribution in [1.29, 1.82) is 0 Å². The Balaban J connectivity index is 2.35. The summed E-state index contributed by atoms with van der Waals surface area (Å²) in [5.74, 6) is 0. The van der Waals surface area contributed by atoms with Gasteiger partial charge in [-0.2, -0.15) is 0 Å². The van der Waals surface area contributed by atoms with Gasteiger partial charge >= 0.3 is 0 Å². The predicted octanol–water partition coefficient (Wildman–Crippen LogP) is 2.80. The van der Waals surface area contributed by atoms with Crippen molar-refractivity contribution in [2.45, 2.75) is 39.3 Å². The number of benzene rings is 1. The van der Waals surface area contributed by atoms with E-state index in [-0.39, 0.29) is 6.04 Å². The average Bonchev–Trinajstić information content (AvgIpc) is 2.43. The molecule has 2 N–H and O–H groups in total. The van der Waals surface area contributed by atoms with Gasteiger partial charge < -0.3 is 10.6 Å². The zero-order chi connectivity index (χ0) is 14.3. The molecule has 2 heterocycles. The van der Waals surface area contributed by atoms with Crippen molar-refractivity contribution >= 4 is 10.9 Å². The molecular formula is C17H23N3. The number of hydrogen-bond acceptors (Lipinski definition) is 3. The summed E-state index contributed by atoms with van der Waals surface area (Å²) >= 11 is 0. The standard InChI is InChI=1S/C17H23N3/c1-4-12-6-5-7-13-16(11(2)18)14-10-20(3)9-8-15(14)19-17(12)13/h5-7,11H,4,8-10,18H2,1-3H3. The first-order valence-corrected chi connectivity index (χ1v) is 7.49. The molecule has 106 valence electrons. The van der Waals surface area contributed by atoms with Gasteiger partial charge in [0.2, 0.25) is 0 Å². The summed E-state index contributed by atoms with van der Waals surface area (Å²) in [6.45, 7) is 6.32. The Kier molecular flexibility index (Phi) is 3.48. The van der Waals surface area contributed by atoms with Gasteiger partial charge in [0, 0.05) is 36.6 Å². The van der Waals surface area contributed by atoms with Crippen LogP contribution in [0.1, 0.15) is 42.3 Å². The molecule has 2 aromatic rings. The third-order valence-electron chi connectivity index (χ3n) is 4.32. The summed E-state index contributed by atoms with van der Waals surface area (Å²) in [5, 5.41) is 1.24. The van der Waals surface area contributed by atoms with Crippen LogP contribution in [0.3, 0.4) is 0 Å². The number of rotatable bonds is 2. The lowest BCUT2D eigenvalue weighted by atomic mass is 9.91.